The van der Waals surface area contributed by atoms with E-state index in [0.717, 1.165) is 24.8 Å². The summed E-state index contributed by atoms with van der Waals surface area (Å²) in [6.45, 7) is 0.565. The molecule has 0 spiro atoms. The minimum Gasteiger partial charge on any atom is -0.492 e. The van der Waals surface area contributed by atoms with Crippen LogP contribution in [-0.4, -0.2) is 29.4 Å². The highest BCUT2D eigenvalue weighted by Crippen LogP contribution is 2.30. The first-order valence-corrected chi connectivity index (χ1v) is 6.35. The van der Waals surface area contributed by atoms with Crippen LogP contribution in [0.1, 0.15) is 40.7 Å². The molecule has 0 aliphatic carbocycles. The summed E-state index contributed by atoms with van der Waals surface area (Å²) in [7, 11) is 0. The second-order valence-electron chi connectivity index (χ2n) is 4.40. The van der Waals surface area contributed by atoms with E-state index in [9.17, 15) is 9.90 Å². The van der Waals surface area contributed by atoms with E-state index in [1.807, 2.05) is 6.07 Å². The molecule has 19 heavy (non-hydrogen) atoms. The molecule has 1 aliphatic heterocycles. The van der Waals surface area contributed by atoms with Crippen molar-refractivity contribution in [2.24, 2.45) is 0 Å². The van der Waals surface area contributed by atoms with Crippen LogP contribution in [0.4, 0.5) is 0 Å². The van der Waals surface area contributed by atoms with E-state index in [4.69, 9.17) is 9.84 Å². The lowest BCUT2D eigenvalue weighted by atomic mass is 10.0. The Balaban J connectivity index is 2.44. The molecule has 1 aromatic carbocycles. The maximum Gasteiger partial charge on any atom is 0.339 e. The number of rotatable bonds is 2. The number of carbonyl (C=O) groups is 1. The van der Waals surface area contributed by atoms with Gasteiger partial charge in [0.25, 0.3) is 0 Å². The van der Waals surface area contributed by atoms with Crippen molar-refractivity contribution in [3.8, 4) is 17.6 Å². The Morgan fingerprint density at radius 3 is 2.95 bits per heavy atom. The summed E-state index contributed by atoms with van der Waals surface area (Å²) < 4.78 is 5.55. The normalized spacial score (nSPS) is 13.5. The molecule has 4 heteroatoms. The molecule has 2 rings (SSSR count). The molecule has 4 nitrogen and oxygen atoms in total. The second-order valence-corrected chi connectivity index (χ2v) is 4.40. The molecule has 0 aromatic heterocycles. The van der Waals surface area contributed by atoms with Crippen LogP contribution in [0.3, 0.4) is 0 Å². The van der Waals surface area contributed by atoms with Gasteiger partial charge in [-0.3, -0.25) is 0 Å². The standard InChI is InChI=1S/C15H16O4/c16-7-3-1-5-11-9-12-6-2-4-8-19-14(12)13(10-11)15(17)18/h9-10,16H,2-4,6-8H2,(H,17,18). The number of hydrogen-bond acceptors (Lipinski definition) is 3. The average molecular weight is 260 g/mol. The molecule has 0 saturated heterocycles. The number of aromatic carboxylic acids is 1. The molecule has 1 heterocycles. The maximum absolute atomic E-state index is 11.3. The molecular formula is C15H16O4. The van der Waals surface area contributed by atoms with Crippen molar-refractivity contribution in [3.63, 3.8) is 0 Å². The number of aliphatic hydroxyl groups is 1. The number of carboxylic acids is 1. The van der Waals surface area contributed by atoms with Crippen molar-refractivity contribution in [1.82, 2.24) is 0 Å². The summed E-state index contributed by atoms with van der Waals surface area (Å²) in [6, 6.07) is 3.42. The van der Waals surface area contributed by atoms with Crippen LogP contribution in [0.2, 0.25) is 0 Å². The lowest BCUT2D eigenvalue weighted by Gasteiger charge is -2.11. The first-order valence-electron chi connectivity index (χ1n) is 6.35. The first-order chi connectivity index (χ1) is 9.22. The van der Waals surface area contributed by atoms with E-state index >= 15 is 0 Å². The van der Waals surface area contributed by atoms with Gasteiger partial charge in [-0.1, -0.05) is 11.8 Å². The van der Waals surface area contributed by atoms with E-state index in [1.54, 1.807) is 0 Å². The zero-order valence-electron chi connectivity index (χ0n) is 10.6. The van der Waals surface area contributed by atoms with E-state index in [2.05, 4.69) is 11.8 Å². The molecule has 0 amide bonds. The average Bonchev–Trinajstić information content (AvgIpc) is 2.63. The zero-order valence-corrected chi connectivity index (χ0v) is 10.6. The number of aliphatic hydroxyl groups excluding tert-OH is 1. The fourth-order valence-corrected chi connectivity index (χ4v) is 2.09. The van der Waals surface area contributed by atoms with E-state index in [1.165, 1.54) is 6.07 Å². The third-order valence-corrected chi connectivity index (χ3v) is 2.95. The van der Waals surface area contributed by atoms with Gasteiger partial charge in [0.1, 0.15) is 11.3 Å². The molecule has 0 bridgehead atoms. The van der Waals surface area contributed by atoms with Gasteiger partial charge in [0.05, 0.1) is 13.2 Å². The van der Waals surface area contributed by atoms with Gasteiger partial charge in [-0.15, -0.1) is 0 Å². The predicted molar refractivity (Wildman–Crippen MR) is 70.4 cm³/mol. The van der Waals surface area contributed by atoms with E-state index < -0.39 is 5.97 Å². The predicted octanol–water partition coefficient (Wildman–Crippen LogP) is 1.83. The van der Waals surface area contributed by atoms with Crippen LogP contribution < -0.4 is 4.74 Å². The number of ether oxygens (including phenoxy) is 1. The Labute approximate surface area is 112 Å². The third-order valence-electron chi connectivity index (χ3n) is 2.95. The van der Waals surface area contributed by atoms with Gasteiger partial charge in [-0.25, -0.2) is 4.79 Å². The van der Waals surface area contributed by atoms with Gasteiger partial charge in [0.15, 0.2) is 0 Å². The summed E-state index contributed by atoms with van der Waals surface area (Å²) >= 11 is 0. The van der Waals surface area contributed by atoms with Crippen molar-refractivity contribution in [2.75, 3.05) is 13.2 Å². The topological polar surface area (TPSA) is 66.8 Å². The monoisotopic (exact) mass is 260 g/mol. The molecule has 2 N–H and O–H groups in total. The zero-order chi connectivity index (χ0) is 13.7. The van der Waals surface area contributed by atoms with Gasteiger partial charge >= 0.3 is 5.97 Å². The summed E-state index contributed by atoms with van der Waals surface area (Å²) in [6.07, 6.45) is 3.11. The summed E-state index contributed by atoms with van der Waals surface area (Å²) in [5, 5.41) is 18.0. The van der Waals surface area contributed by atoms with Crippen LogP contribution in [0.15, 0.2) is 12.1 Å². The Bertz CT molecular complexity index is 537. The SMILES string of the molecule is O=C(O)c1cc(C#CCCO)cc2c1OCCCC2. The Kier molecular flexibility index (Phi) is 4.43. The van der Waals surface area contributed by atoms with Crippen molar-refractivity contribution in [2.45, 2.75) is 25.7 Å². The molecule has 100 valence electrons. The van der Waals surface area contributed by atoms with Gasteiger partial charge in [-0.05, 0) is 37.0 Å². The fraction of sp³-hybridized carbons (Fsp3) is 0.400. The molecule has 0 unspecified atom stereocenters. The van der Waals surface area contributed by atoms with Crippen LogP contribution in [0.25, 0.3) is 0 Å². The van der Waals surface area contributed by atoms with Crippen molar-refractivity contribution >= 4 is 5.97 Å². The maximum atomic E-state index is 11.3. The van der Waals surface area contributed by atoms with Gasteiger partial charge in [-0.2, -0.15) is 0 Å². The van der Waals surface area contributed by atoms with Crippen molar-refractivity contribution in [3.05, 3.63) is 28.8 Å². The van der Waals surface area contributed by atoms with Crippen molar-refractivity contribution in [1.29, 1.82) is 0 Å². The number of aryl methyl sites for hydroxylation is 1. The highest BCUT2D eigenvalue weighted by atomic mass is 16.5. The Hall–Kier alpha value is -1.99. The fourth-order valence-electron chi connectivity index (χ4n) is 2.09. The van der Waals surface area contributed by atoms with Gasteiger partial charge in [0.2, 0.25) is 0 Å². The van der Waals surface area contributed by atoms with Crippen LogP contribution in [-0.2, 0) is 6.42 Å². The number of carboxylic acid groups (broad SMARTS) is 1. The summed E-state index contributed by atoms with van der Waals surface area (Å²) in [5.74, 6) is 5.18. The van der Waals surface area contributed by atoms with Gasteiger partial charge in [0, 0.05) is 12.0 Å². The lowest BCUT2D eigenvalue weighted by Crippen LogP contribution is -2.05. The minimum atomic E-state index is -0.996. The molecule has 0 saturated carbocycles. The Morgan fingerprint density at radius 2 is 2.21 bits per heavy atom. The number of benzene rings is 1. The first kappa shape index (κ1) is 13.4. The number of hydrogen-bond donors (Lipinski definition) is 2. The molecule has 0 radical (unpaired) electrons. The van der Waals surface area contributed by atoms with Crippen LogP contribution in [0.5, 0.6) is 5.75 Å². The largest absolute Gasteiger partial charge is 0.492 e. The molecule has 1 aliphatic rings. The Morgan fingerprint density at radius 1 is 1.37 bits per heavy atom. The molecule has 0 atom stereocenters. The lowest BCUT2D eigenvalue weighted by molar-refractivity contribution is 0.0692. The number of fused-ring (bicyclic) bond motifs is 1. The minimum absolute atomic E-state index is 0.00679. The highest BCUT2D eigenvalue weighted by molar-refractivity contribution is 5.92. The molecular weight excluding hydrogens is 244 g/mol. The van der Waals surface area contributed by atoms with Crippen molar-refractivity contribution < 1.29 is 19.7 Å². The molecule has 1 aromatic rings. The second kappa shape index (κ2) is 6.26. The van der Waals surface area contributed by atoms with Crippen LogP contribution in [0, 0.1) is 11.8 Å². The van der Waals surface area contributed by atoms with E-state index in [-0.39, 0.29) is 12.2 Å². The van der Waals surface area contributed by atoms with Crippen LogP contribution >= 0.6 is 0 Å². The summed E-state index contributed by atoms with van der Waals surface area (Å²) in [4.78, 5) is 11.3. The highest BCUT2D eigenvalue weighted by Gasteiger charge is 2.19. The third kappa shape index (κ3) is 3.27. The van der Waals surface area contributed by atoms with Gasteiger partial charge < -0.3 is 14.9 Å². The summed E-state index contributed by atoms with van der Waals surface area (Å²) in [5.41, 5.74) is 1.74. The smallest absolute Gasteiger partial charge is 0.339 e. The van der Waals surface area contributed by atoms with E-state index in [0.29, 0.717) is 24.3 Å². The molecule has 0 fully saturated rings. The quantitative estimate of drug-likeness (QED) is 0.796.